The van der Waals surface area contributed by atoms with Gasteiger partial charge in [0, 0.05) is 6.54 Å². The van der Waals surface area contributed by atoms with Gasteiger partial charge in [-0.25, -0.2) is 4.79 Å². The van der Waals surface area contributed by atoms with E-state index in [1.54, 1.807) is 4.90 Å². The highest BCUT2D eigenvalue weighted by molar-refractivity contribution is 5.90. The largest absolute Gasteiger partial charge is 0.467 e. The Bertz CT molecular complexity index is 407. The van der Waals surface area contributed by atoms with E-state index in [0.717, 1.165) is 25.7 Å². The molecule has 104 valence electrons. The second kappa shape index (κ2) is 5.60. The Morgan fingerprint density at radius 3 is 2.53 bits per heavy atom. The number of ether oxygens (including phenoxy) is 1. The van der Waals surface area contributed by atoms with Crippen LogP contribution in [0.15, 0.2) is 0 Å². The molecule has 1 saturated carbocycles. The zero-order chi connectivity index (χ0) is 13.9. The Morgan fingerprint density at radius 2 is 1.95 bits per heavy atom. The lowest BCUT2D eigenvalue weighted by Crippen LogP contribution is -2.53. The van der Waals surface area contributed by atoms with Gasteiger partial charge in [0.15, 0.2) is 0 Å². The summed E-state index contributed by atoms with van der Waals surface area (Å²) >= 11 is 0. The van der Waals surface area contributed by atoms with Crippen molar-refractivity contribution in [2.45, 2.75) is 51.0 Å². The van der Waals surface area contributed by atoms with Crippen molar-refractivity contribution in [1.29, 1.82) is 5.26 Å². The second-order valence-electron chi connectivity index (χ2n) is 5.43. The number of rotatable bonds is 2. The van der Waals surface area contributed by atoms with Gasteiger partial charge in [0.2, 0.25) is 5.91 Å². The number of nitriles is 1. The van der Waals surface area contributed by atoms with Crippen molar-refractivity contribution in [2.75, 3.05) is 13.7 Å². The van der Waals surface area contributed by atoms with Crippen LogP contribution in [-0.4, -0.2) is 36.5 Å². The number of nitrogens with zero attached hydrogens (tertiary/aromatic N) is 2. The van der Waals surface area contributed by atoms with Crippen molar-refractivity contribution >= 4 is 11.9 Å². The maximum absolute atomic E-state index is 12.7. The van der Waals surface area contributed by atoms with Crippen LogP contribution in [0.3, 0.4) is 0 Å². The minimum atomic E-state index is -0.899. The van der Waals surface area contributed by atoms with Gasteiger partial charge in [0.25, 0.3) is 0 Å². The Balaban J connectivity index is 2.20. The summed E-state index contributed by atoms with van der Waals surface area (Å²) < 4.78 is 4.78. The van der Waals surface area contributed by atoms with Crippen molar-refractivity contribution in [3.8, 4) is 6.07 Å². The van der Waals surface area contributed by atoms with Crippen LogP contribution in [-0.2, 0) is 14.3 Å². The van der Waals surface area contributed by atoms with Gasteiger partial charge in [0.1, 0.15) is 11.5 Å². The molecular formula is C14H20N2O3. The maximum atomic E-state index is 12.7. The topological polar surface area (TPSA) is 70.4 Å². The molecule has 0 bridgehead atoms. The highest BCUT2D eigenvalue weighted by Crippen LogP contribution is 2.40. The maximum Gasteiger partial charge on any atom is 0.328 e. The van der Waals surface area contributed by atoms with E-state index in [2.05, 4.69) is 6.07 Å². The number of hydrogen-bond acceptors (Lipinski definition) is 4. The predicted molar refractivity (Wildman–Crippen MR) is 67.9 cm³/mol. The molecule has 1 saturated heterocycles. The van der Waals surface area contributed by atoms with E-state index < -0.39 is 11.5 Å². The van der Waals surface area contributed by atoms with Gasteiger partial charge in [-0.15, -0.1) is 0 Å². The van der Waals surface area contributed by atoms with Crippen LogP contribution in [0.4, 0.5) is 0 Å². The van der Waals surface area contributed by atoms with E-state index in [0.29, 0.717) is 25.8 Å². The third-order valence-corrected chi connectivity index (χ3v) is 4.32. The lowest BCUT2D eigenvalue weighted by molar-refractivity contribution is -0.157. The summed E-state index contributed by atoms with van der Waals surface area (Å²) in [6.07, 6.45) is 5.51. The molecule has 5 heteroatoms. The molecule has 0 aromatic rings. The minimum Gasteiger partial charge on any atom is -0.467 e. The molecule has 0 N–H and O–H groups in total. The molecule has 1 atom stereocenters. The Hall–Kier alpha value is -1.57. The zero-order valence-electron chi connectivity index (χ0n) is 11.4. The summed E-state index contributed by atoms with van der Waals surface area (Å²) in [4.78, 5) is 26.1. The van der Waals surface area contributed by atoms with E-state index in [1.807, 2.05) is 0 Å². The van der Waals surface area contributed by atoms with Gasteiger partial charge in [-0.2, -0.15) is 5.26 Å². The van der Waals surface area contributed by atoms with Crippen LogP contribution in [0.5, 0.6) is 0 Å². The van der Waals surface area contributed by atoms with Gasteiger partial charge in [-0.3, -0.25) is 4.79 Å². The lowest BCUT2D eigenvalue weighted by atomic mass is 9.85. The Morgan fingerprint density at radius 1 is 1.26 bits per heavy atom. The Kier molecular flexibility index (Phi) is 4.08. The molecule has 0 spiro atoms. The first-order valence-electron chi connectivity index (χ1n) is 6.95. The number of piperidine rings is 1. The van der Waals surface area contributed by atoms with E-state index in [4.69, 9.17) is 4.74 Å². The average molecular weight is 264 g/mol. The molecule has 2 fully saturated rings. The van der Waals surface area contributed by atoms with Crippen molar-refractivity contribution in [3.05, 3.63) is 0 Å². The Labute approximate surface area is 113 Å². The van der Waals surface area contributed by atoms with Gasteiger partial charge < -0.3 is 9.64 Å². The lowest BCUT2D eigenvalue weighted by Gasteiger charge is -2.37. The van der Waals surface area contributed by atoms with E-state index >= 15 is 0 Å². The summed E-state index contributed by atoms with van der Waals surface area (Å²) in [5.74, 6) is -0.526. The predicted octanol–water partition coefficient (Wildman–Crippen LogP) is 1.62. The highest BCUT2D eigenvalue weighted by atomic mass is 16.5. The molecule has 1 heterocycles. The molecule has 2 aliphatic rings. The SMILES string of the molecule is COC(=O)C1CCCCN1C(=O)C1(C#N)CCCC1. The van der Waals surface area contributed by atoms with Crippen molar-refractivity contribution in [3.63, 3.8) is 0 Å². The molecular weight excluding hydrogens is 244 g/mol. The first-order valence-corrected chi connectivity index (χ1v) is 6.95. The average Bonchev–Trinajstić information content (AvgIpc) is 2.95. The molecule has 5 nitrogen and oxygen atoms in total. The van der Waals surface area contributed by atoms with Crippen LogP contribution >= 0.6 is 0 Å². The summed E-state index contributed by atoms with van der Waals surface area (Å²) in [6.45, 7) is 0.558. The second-order valence-corrected chi connectivity index (χ2v) is 5.43. The van der Waals surface area contributed by atoms with Gasteiger partial charge in [-0.1, -0.05) is 12.8 Å². The third-order valence-electron chi connectivity index (χ3n) is 4.32. The number of esters is 1. The number of carbonyl (C=O) groups excluding carboxylic acids is 2. The first kappa shape index (κ1) is 13.9. The molecule has 1 amide bonds. The van der Waals surface area contributed by atoms with E-state index in [1.165, 1.54) is 7.11 Å². The summed E-state index contributed by atoms with van der Waals surface area (Å²) in [6, 6.07) is 1.71. The van der Waals surface area contributed by atoms with Gasteiger partial charge in [-0.05, 0) is 32.1 Å². The smallest absolute Gasteiger partial charge is 0.328 e. The van der Waals surface area contributed by atoms with Gasteiger partial charge in [0.05, 0.1) is 13.2 Å². The molecule has 2 rings (SSSR count). The van der Waals surface area contributed by atoms with Crippen molar-refractivity contribution in [2.24, 2.45) is 5.41 Å². The van der Waals surface area contributed by atoms with Crippen molar-refractivity contribution < 1.29 is 14.3 Å². The molecule has 0 radical (unpaired) electrons. The van der Waals surface area contributed by atoms with Crippen molar-refractivity contribution in [1.82, 2.24) is 4.90 Å². The molecule has 0 aromatic heterocycles. The fourth-order valence-corrected chi connectivity index (χ4v) is 3.18. The zero-order valence-corrected chi connectivity index (χ0v) is 11.4. The first-order chi connectivity index (χ1) is 9.14. The van der Waals surface area contributed by atoms with Crippen LogP contribution in [0.25, 0.3) is 0 Å². The summed E-state index contributed by atoms with van der Waals surface area (Å²) in [5.41, 5.74) is -0.899. The normalized spacial score (nSPS) is 25.7. The third kappa shape index (κ3) is 2.44. The molecule has 19 heavy (non-hydrogen) atoms. The van der Waals surface area contributed by atoms with Crippen LogP contribution in [0.1, 0.15) is 44.9 Å². The van der Waals surface area contributed by atoms with Crippen LogP contribution in [0.2, 0.25) is 0 Å². The van der Waals surface area contributed by atoms with Crippen LogP contribution < -0.4 is 0 Å². The quantitative estimate of drug-likeness (QED) is 0.711. The number of amides is 1. The summed E-state index contributed by atoms with van der Waals surface area (Å²) in [5, 5.41) is 9.39. The number of likely N-dealkylation sites (tertiary alicyclic amines) is 1. The highest BCUT2D eigenvalue weighted by Gasteiger charge is 2.47. The minimum absolute atomic E-state index is 0.164. The van der Waals surface area contributed by atoms with E-state index in [-0.39, 0.29) is 11.9 Å². The van der Waals surface area contributed by atoms with E-state index in [9.17, 15) is 14.9 Å². The standard InChI is InChI=1S/C14H20N2O3/c1-19-12(17)11-6-2-5-9-16(11)13(18)14(10-15)7-3-4-8-14/h11H,2-9H2,1H3. The molecule has 1 aliphatic carbocycles. The summed E-state index contributed by atoms with van der Waals surface area (Å²) in [7, 11) is 1.34. The molecule has 0 aromatic carbocycles. The molecule has 1 aliphatic heterocycles. The number of hydrogen-bond donors (Lipinski definition) is 0. The van der Waals surface area contributed by atoms with Gasteiger partial charge >= 0.3 is 5.97 Å². The molecule has 1 unspecified atom stereocenters. The number of methoxy groups -OCH3 is 1. The fourth-order valence-electron chi connectivity index (χ4n) is 3.18. The fraction of sp³-hybridized carbons (Fsp3) is 0.786. The van der Waals surface area contributed by atoms with Crippen LogP contribution in [0, 0.1) is 16.7 Å². The monoisotopic (exact) mass is 264 g/mol. The number of carbonyl (C=O) groups is 2.